The van der Waals surface area contributed by atoms with Gasteiger partial charge in [-0.2, -0.15) is 0 Å². The van der Waals surface area contributed by atoms with Crippen LogP contribution in [-0.4, -0.2) is 14.8 Å². The molecule has 1 aromatic heterocycles. The first-order valence-electron chi connectivity index (χ1n) is 6.49. The van der Waals surface area contributed by atoms with Crippen LogP contribution < -0.4 is 5.73 Å². The van der Waals surface area contributed by atoms with E-state index in [-0.39, 0.29) is 5.69 Å². The summed E-state index contributed by atoms with van der Waals surface area (Å²) >= 11 is 1.16. The third kappa shape index (κ3) is 2.49. The summed E-state index contributed by atoms with van der Waals surface area (Å²) in [5.74, 6) is -0.460. The molecule has 0 amide bonds. The number of halogens is 2. The van der Waals surface area contributed by atoms with E-state index in [1.165, 1.54) is 6.07 Å². The van der Waals surface area contributed by atoms with Crippen molar-refractivity contribution in [2.75, 3.05) is 5.73 Å². The van der Waals surface area contributed by atoms with E-state index in [1.807, 2.05) is 4.57 Å². The Kier molecular flexibility index (Phi) is 3.60. The second kappa shape index (κ2) is 5.40. The van der Waals surface area contributed by atoms with E-state index in [2.05, 4.69) is 10.2 Å². The smallest absolute Gasteiger partial charge is 0.196 e. The van der Waals surface area contributed by atoms with Crippen LogP contribution in [0.4, 0.5) is 14.5 Å². The number of nitrogens with two attached hydrogens (primary N) is 1. The van der Waals surface area contributed by atoms with E-state index >= 15 is 0 Å². The van der Waals surface area contributed by atoms with Crippen molar-refractivity contribution in [2.45, 2.75) is 42.3 Å². The van der Waals surface area contributed by atoms with Gasteiger partial charge in [0.2, 0.25) is 0 Å². The SMILES string of the molecule is Nc1c(F)cc(F)cc1Sc1nnc2n1CCCCC2. The van der Waals surface area contributed by atoms with E-state index in [9.17, 15) is 8.78 Å². The van der Waals surface area contributed by atoms with E-state index in [4.69, 9.17) is 5.73 Å². The standard InChI is InChI=1S/C13H14F2N4S/c14-8-6-9(15)12(16)10(7-8)20-13-18-17-11-4-2-1-3-5-19(11)13/h6-7H,1-5,16H2. The first kappa shape index (κ1) is 13.4. The van der Waals surface area contributed by atoms with Gasteiger partial charge in [0.05, 0.1) is 5.69 Å². The molecule has 106 valence electrons. The molecule has 0 fully saturated rings. The van der Waals surface area contributed by atoms with Gasteiger partial charge >= 0.3 is 0 Å². The molecule has 2 N–H and O–H groups in total. The third-order valence-corrected chi connectivity index (χ3v) is 4.38. The highest BCUT2D eigenvalue weighted by Gasteiger charge is 2.18. The number of rotatable bonds is 2. The zero-order valence-corrected chi connectivity index (χ0v) is 11.6. The van der Waals surface area contributed by atoms with Crippen molar-refractivity contribution in [1.29, 1.82) is 0 Å². The van der Waals surface area contributed by atoms with E-state index in [0.29, 0.717) is 10.1 Å². The summed E-state index contributed by atoms with van der Waals surface area (Å²) in [5, 5.41) is 8.90. The molecule has 1 aromatic carbocycles. The predicted octanol–water partition coefficient (Wildman–Crippen LogP) is 3.02. The first-order valence-corrected chi connectivity index (χ1v) is 7.31. The van der Waals surface area contributed by atoms with Crippen molar-refractivity contribution in [2.24, 2.45) is 0 Å². The van der Waals surface area contributed by atoms with E-state index in [1.54, 1.807) is 0 Å². The van der Waals surface area contributed by atoms with E-state index < -0.39 is 11.6 Å². The Balaban J connectivity index is 1.94. The van der Waals surface area contributed by atoms with Crippen LogP contribution in [0.25, 0.3) is 0 Å². The number of aromatic nitrogens is 3. The van der Waals surface area contributed by atoms with Crippen LogP contribution in [0.1, 0.15) is 25.1 Å². The molecule has 0 radical (unpaired) electrons. The largest absolute Gasteiger partial charge is 0.395 e. The first-order chi connectivity index (χ1) is 9.65. The summed E-state index contributed by atoms with van der Waals surface area (Å²) in [6.07, 6.45) is 4.20. The summed E-state index contributed by atoms with van der Waals surface area (Å²) in [5.41, 5.74) is 5.60. The highest BCUT2D eigenvalue weighted by molar-refractivity contribution is 7.99. The molecule has 0 aliphatic carbocycles. The minimum atomic E-state index is -0.747. The Labute approximate surface area is 119 Å². The topological polar surface area (TPSA) is 56.7 Å². The third-order valence-electron chi connectivity index (χ3n) is 3.33. The molecule has 0 saturated heterocycles. The maximum absolute atomic E-state index is 13.5. The second-order valence-corrected chi connectivity index (χ2v) is 5.77. The molecular formula is C13H14F2N4S. The van der Waals surface area contributed by atoms with Gasteiger partial charge in [0.1, 0.15) is 17.5 Å². The molecule has 1 aliphatic rings. The number of anilines is 1. The number of benzene rings is 1. The number of nitrogen functional groups attached to an aromatic ring is 1. The Morgan fingerprint density at radius 3 is 2.85 bits per heavy atom. The zero-order chi connectivity index (χ0) is 14.1. The number of hydrogen-bond acceptors (Lipinski definition) is 4. The Bertz CT molecular complexity index is 642. The van der Waals surface area contributed by atoms with Gasteiger partial charge in [0, 0.05) is 23.9 Å². The van der Waals surface area contributed by atoms with Gasteiger partial charge in [0.25, 0.3) is 0 Å². The van der Waals surface area contributed by atoms with Crippen LogP contribution >= 0.6 is 11.8 Å². The summed E-state index contributed by atoms with van der Waals surface area (Å²) in [7, 11) is 0. The zero-order valence-electron chi connectivity index (χ0n) is 10.8. The minimum absolute atomic E-state index is 0.0534. The fourth-order valence-corrected chi connectivity index (χ4v) is 3.24. The van der Waals surface area contributed by atoms with Crippen molar-refractivity contribution in [3.8, 4) is 0 Å². The van der Waals surface area contributed by atoms with Crippen molar-refractivity contribution >= 4 is 17.4 Å². The van der Waals surface area contributed by atoms with Crippen molar-refractivity contribution < 1.29 is 8.78 Å². The van der Waals surface area contributed by atoms with Crippen LogP contribution in [0.3, 0.4) is 0 Å². The molecule has 2 heterocycles. The molecule has 20 heavy (non-hydrogen) atoms. The number of hydrogen-bond donors (Lipinski definition) is 1. The summed E-state index contributed by atoms with van der Waals surface area (Å²) in [6.45, 7) is 0.836. The van der Waals surface area contributed by atoms with Gasteiger partial charge in [-0.05, 0) is 30.7 Å². The van der Waals surface area contributed by atoms with Crippen molar-refractivity contribution in [3.63, 3.8) is 0 Å². The van der Waals surface area contributed by atoms with Gasteiger partial charge < -0.3 is 10.3 Å². The Morgan fingerprint density at radius 1 is 1.15 bits per heavy atom. The average Bonchev–Trinajstić information content (AvgIpc) is 2.64. The maximum atomic E-state index is 13.5. The number of nitrogens with zero attached hydrogens (tertiary/aromatic N) is 3. The molecular weight excluding hydrogens is 282 g/mol. The molecule has 4 nitrogen and oxygen atoms in total. The molecule has 2 aromatic rings. The van der Waals surface area contributed by atoms with Gasteiger partial charge in [0.15, 0.2) is 5.16 Å². The molecule has 0 unspecified atom stereocenters. The van der Waals surface area contributed by atoms with Crippen LogP contribution in [0.2, 0.25) is 0 Å². The molecule has 0 spiro atoms. The summed E-state index contributed by atoms with van der Waals surface area (Å²) in [4.78, 5) is 0.335. The highest BCUT2D eigenvalue weighted by Crippen LogP contribution is 2.34. The lowest BCUT2D eigenvalue weighted by Gasteiger charge is -2.08. The summed E-state index contributed by atoms with van der Waals surface area (Å²) < 4.78 is 28.8. The lowest BCUT2D eigenvalue weighted by molar-refractivity contribution is 0.579. The van der Waals surface area contributed by atoms with Crippen LogP contribution in [-0.2, 0) is 13.0 Å². The van der Waals surface area contributed by atoms with E-state index in [0.717, 1.165) is 55.9 Å². The predicted molar refractivity (Wildman–Crippen MR) is 72.5 cm³/mol. The normalized spacial score (nSPS) is 14.9. The van der Waals surface area contributed by atoms with Gasteiger partial charge in [-0.1, -0.05) is 6.42 Å². The molecule has 0 saturated carbocycles. The monoisotopic (exact) mass is 296 g/mol. The van der Waals surface area contributed by atoms with Crippen LogP contribution in [0, 0.1) is 11.6 Å². The Morgan fingerprint density at radius 2 is 2.00 bits per heavy atom. The quantitative estimate of drug-likeness (QED) is 0.866. The molecule has 7 heteroatoms. The second-order valence-electron chi connectivity index (χ2n) is 4.76. The lowest BCUT2D eigenvalue weighted by Crippen LogP contribution is -2.03. The molecule has 0 bridgehead atoms. The Hall–Kier alpha value is -1.63. The fourth-order valence-electron chi connectivity index (χ4n) is 2.28. The van der Waals surface area contributed by atoms with Crippen LogP contribution in [0.5, 0.6) is 0 Å². The molecule has 1 aliphatic heterocycles. The molecule has 0 atom stereocenters. The van der Waals surface area contributed by atoms with Crippen molar-refractivity contribution in [1.82, 2.24) is 14.8 Å². The lowest BCUT2D eigenvalue weighted by atomic mass is 10.2. The van der Waals surface area contributed by atoms with Crippen LogP contribution in [0.15, 0.2) is 22.2 Å². The fraction of sp³-hybridized carbons (Fsp3) is 0.385. The van der Waals surface area contributed by atoms with Crippen molar-refractivity contribution in [3.05, 3.63) is 29.6 Å². The van der Waals surface area contributed by atoms with Gasteiger partial charge in [-0.3, -0.25) is 0 Å². The highest BCUT2D eigenvalue weighted by atomic mass is 32.2. The minimum Gasteiger partial charge on any atom is -0.395 e. The molecule has 3 rings (SSSR count). The number of fused-ring (bicyclic) bond motifs is 1. The maximum Gasteiger partial charge on any atom is 0.196 e. The van der Waals surface area contributed by atoms with Gasteiger partial charge in [-0.25, -0.2) is 8.78 Å². The number of aryl methyl sites for hydroxylation is 1. The van der Waals surface area contributed by atoms with Gasteiger partial charge in [-0.15, -0.1) is 10.2 Å². The average molecular weight is 296 g/mol. The summed E-state index contributed by atoms with van der Waals surface area (Å²) in [6, 6.07) is 2.01.